The van der Waals surface area contributed by atoms with Crippen LogP contribution in [-0.2, 0) is 24.8 Å². The van der Waals surface area contributed by atoms with Crippen molar-refractivity contribution in [3.8, 4) is 0 Å². The van der Waals surface area contributed by atoms with Gasteiger partial charge in [-0.1, -0.05) is 0 Å². The van der Waals surface area contributed by atoms with Gasteiger partial charge < -0.3 is 14.7 Å². The molecular weight excluding hydrogens is 274 g/mol. The molecule has 7 nitrogen and oxygen atoms in total. The highest BCUT2D eigenvalue weighted by molar-refractivity contribution is 6.18. The van der Waals surface area contributed by atoms with Crippen LogP contribution in [0.1, 0.15) is 21.7 Å². The summed E-state index contributed by atoms with van der Waals surface area (Å²) in [7, 11) is 1.58. The van der Waals surface area contributed by atoms with E-state index in [2.05, 4.69) is 5.10 Å². The SMILES string of the molecule is Cn1nc2c(c1C(=O)O)CN(C(=O)OCCCl)CC2. The van der Waals surface area contributed by atoms with Gasteiger partial charge in [-0.05, 0) is 0 Å². The molecule has 0 aromatic carbocycles. The Labute approximate surface area is 114 Å². The lowest BCUT2D eigenvalue weighted by molar-refractivity contribution is 0.0679. The second-order valence-electron chi connectivity index (χ2n) is 4.18. The van der Waals surface area contributed by atoms with Crippen LogP contribution >= 0.6 is 11.6 Å². The number of hydrogen-bond donors (Lipinski definition) is 1. The van der Waals surface area contributed by atoms with Crippen LogP contribution in [0.15, 0.2) is 0 Å². The van der Waals surface area contributed by atoms with Crippen molar-refractivity contribution in [2.45, 2.75) is 13.0 Å². The molecule has 0 radical (unpaired) electrons. The summed E-state index contributed by atoms with van der Waals surface area (Å²) in [4.78, 5) is 24.4. The molecule has 0 bridgehead atoms. The first-order valence-corrected chi connectivity index (χ1v) is 6.33. The number of hydrogen-bond acceptors (Lipinski definition) is 4. The molecule has 8 heteroatoms. The number of aromatic nitrogens is 2. The Morgan fingerprint density at radius 2 is 2.26 bits per heavy atom. The first-order chi connectivity index (χ1) is 9.04. The maximum atomic E-state index is 11.7. The van der Waals surface area contributed by atoms with Gasteiger partial charge in [-0.15, -0.1) is 11.6 Å². The number of ether oxygens (including phenoxy) is 1. The van der Waals surface area contributed by atoms with Gasteiger partial charge in [-0.2, -0.15) is 5.10 Å². The van der Waals surface area contributed by atoms with Gasteiger partial charge in [0.1, 0.15) is 6.61 Å². The molecule has 2 rings (SSSR count). The summed E-state index contributed by atoms with van der Waals surface area (Å²) < 4.78 is 6.27. The van der Waals surface area contributed by atoms with E-state index in [1.165, 1.54) is 9.58 Å². The number of halogens is 1. The third-order valence-corrected chi connectivity index (χ3v) is 3.11. The molecule has 0 fully saturated rings. The molecule has 1 amide bonds. The molecule has 0 spiro atoms. The molecule has 1 aliphatic rings. The van der Waals surface area contributed by atoms with Crippen molar-refractivity contribution in [3.05, 3.63) is 17.0 Å². The monoisotopic (exact) mass is 287 g/mol. The number of nitrogens with zero attached hydrogens (tertiary/aromatic N) is 3. The van der Waals surface area contributed by atoms with Crippen molar-refractivity contribution in [2.75, 3.05) is 19.0 Å². The second-order valence-corrected chi connectivity index (χ2v) is 4.56. The van der Waals surface area contributed by atoms with Gasteiger partial charge in [0.25, 0.3) is 0 Å². The predicted octanol–water partition coefficient (Wildman–Crippen LogP) is 0.852. The average molecular weight is 288 g/mol. The van der Waals surface area contributed by atoms with E-state index in [0.717, 1.165) is 5.69 Å². The number of carboxylic acids is 1. The maximum Gasteiger partial charge on any atom is 0.410 e. The Kier molecular flexibility index (Phi) is 3.94. The van der Waals surface area contributed by atoms with Gasteiger partial charge in [0.2, 0.25) is 0 Å². The number of rotatable bonds is 3. The molecule has 1 aromatic heterocycles. The zero-order valence-corrected chi connectivity index (χ0v) is 11.2. The van der Waals surface area contributed by atoms with Crippen molar-refractivity contribution in [1.29, 1.82) is 0 Å². The molecule has 1 aromatic rings. The quantitative estimate of drug-likeness (QED) is 0.833. The first kappa shape index (κ1) is 13.7. The first-order valence-electron chi connectivity index (χ1n) is 5.80. The van der Waals surface area contributed by atoms with E-state index >= 15 is 0 Å². The van der Waals surface area contributed by atoms with Gasteiger partial charge in [0, 0.05) is 25.6 Å². The molecular formula is C11H14ClN3O4. The number of fused-ring (bicyclic) bond motifs is 1. The highest BCUT2D eigenvalue weighted by Crippen LogP contribution is 2.22. The minimum absolute atomic E-state index is 0.116. The largest absolute Gasteiger partial charge is 0.477 e. The van der Waals surface area contributed by atoms with E-state index in [9.17, 15) is 9.59 Å². The fourth-order valence-electron chi connectivity index (χ4n) is 2.14. The number of aromatic carboxylic acids is 1. The zero-order valence-electron chi connectivity index (χ0n) is 10.4. The predicted molar refractivity (Wildman–Crippen MR) is 66.3 cm³/mol. The lowest BCUT2D eigenvalue weighted by Gasteiger charge is -2.25. The standard InChI is InChI=1S/C11H14ClN3O4/c1-14-9(10(16)17)7-6-15(4-2-8(7)13-14)11(18)19-5-3-12/h2-6H2,1H3,(H,16,17). The molecule has 2 heterocycles. The minimum atomic E-state index is -1.05. The number of amides is 1. The van der Waals surface area contributed by atoms with Gasteiger partial charge >= 0.3 is 12.1 Å². The molecule has 0 saturated carbocycles. The van der Waals surface area contributed by atoms with Crippen LogP contribution in [0, 0.1) is 0 Å². The Morgan fingerprint density at radius 1 is 1.53 bits per heavy atom. The zero-order chi connectivity index (χ0) is 14.0. The Bertz CT molecular complexity index is 514. The van der Waals surface area contributed by atoms with Crippen molar-refractivity contribution < 1.29 is 19.4 Å². The highest BCUT2D eigenvalue weighted by atomic mass is 35.5. The molecule has 19 heavy (non-hydrogen) atoms. The molecule has 0 saturated heterocycles. The Balaban J connectivity index is 2.18. The Hall–Kier alpha value is -1.76. The van der Waals surface area contributed by atoms with Crippen molar-refractivity contribution in [2.24, 2.45) is 7.05 Å². The highest BCUT2D eigenvalue weighted by Gasteiger charge is 2.29. The van der Waals surface area contributed by atoms with Crippen LogP contribution in [0.3, 0.4) is 0 Å². The van der Waals surface area contributed by atoms with Gasteiger partial charge in [-0.25, -0.2) is 9.59 Å². The molecule has 1 aliphatic heterocycles. The van der Waals surface area contributed by atoms with Gasteiger partial charge in [0.05, 0.1) is 18.1 Å². The third kappa shape index (κ3) is 2.65. The summed E-state index contributed by atoms with van der Waals surface area (Å²) >= 11 is 5.45. The number of carbonyl (C=O) groups excluding carboxylic acids is 1. The number of alkyl halides is 1. The topological polar surface area (TPSA) is 84.7 Å². The van der Waals surface area contributed by atoms with E-state index < -0.39 is 12.1 Å². The number of aryl methyl sites for hydroxylation is 1. The molecule has 1 N–H and O–H groups in total. The van der Waals surface area contributed by atoms with Crippen LogP contribution in [0.25, 0.3) is 0 Å². The van der Waals surface area contributed by atoms with Gasteiger partial charge in [0.15, 0.2) is 5.69 Å². The fourth-order valence-corrected chi connectivity index (χ4v) is 2.22. The smallest absolute Gasteiger partial charge is 0.410 e. The van der Waals surface area contributed by atoms with Crippen LogP contribution in [-0.4, -0.2) is 50.9 Å². The van der Waals surface area contributed by atoms with Gasteiger partial charge in [-0.3, -0.25) is 4.68 Å². The summed E-state index contributed by atoms with van der Waals surface area (Å²) in [5, 5.41) is 13.3. The minimum Gasteiger partial charge on any atom is -0.477 e. The second kappa shape index (κ2) is 5.48. The van der Waals surface area contributed by atoms with E-state index in [4.69, 9.17) is 21.4 Å². The van der Waals surface area contributed by atoms with E-state index in [0.29, 0.717) is 18.5 Å². The Morgan fingerprint density at radius 3 is 2.89 bits per heavy atom. The van der Waals surface area contributed by atoms with Crippen molar-refractivity contribution >= 4 is 23.7 Å². The third-order valence-electron chi connectivity index (χ3n) is 2.96. The average Bonchev–Trinajstić information content (AvgIpc) is 2.70. The fraction of sp³-hybridized carbons (Fsp3) is 0.545. The van der Waals surface area contributed by atoms with E-state index in [1.807, 2.05) is 0 Å². The molecule has 104 valence electrons. The number of carboxylic acid groups (broad SMARTS) is 1. The lowest BCUT2D eigenvalue weighted by Crippen LogP contribution is -2.37. The molecule has 0 aliphatic carbocycles. The maximum absolute atomic E-state index is 11.7. The molecule has 0 atom stereocenters. The summed E-state index contributed by atoms with van der Waals surface area (Å²) in [5.41, 5.74) is 1.41. The van der Waals surface area contributed by atoms with Crippen molar-refractivity contribution in [3.63, 3.8) is 0 Å². The van der Waals surface area contributed by atoms with Crippen LogP contribution < -0.4 is 0 Å². The summed E-state index contributed by atoms with van der Waals surface area (Å²) in [6.45, 7) is 0.804. The van der Waals surface area contributed by atoms with Crippen LogP contribution in [0.2, 0.25) is 0 Å². The molecule has 0 unspecified atom stereocenters. The normalized spacial score (nSPS) is 14.1. The summed E-state index contributed by atoms with van der Waals surface area (Å²) in [5.74, 6) is -0.815. The van der Waals surface area contributed by atoms with Crippen molar-refractivity contribution in [1.82, 2.24) is 14.7 Å². The summed E-state index contributed by atoms with van der Waals surface area (Å²) in [6.07, 6.45) is 0.0402. The van der Waals surface area contributed by atoms with Crippen LogP contribution in [0.4, 0.5) is 4.79 Å². The summed E-state index contributed by atoms with van der Waals surface area (Å²) in [6, 6.07) is 0. The lowest BCUT2D eigenvalue weighted by atomic mass is 10.1. The number of carbonyl (C=O) groups is 2. The van der Waals surface area contributed by atoms with E-state index in [-0.39, 0.29) is 24.7 Å². The van der Waals surface area contributed by atoms with Crippen LogP contribution in [0.5, 0.6) is 0 Å². The van der Waals surface area contributed by atoms with E-state index in [1.54, 1.807) is 7.05 Å².